The first-order valence-electron chi connectivity index (χ1n) is 11.3. The van der Waals surface area contributed by atoms with E-state index in [0.717, 1.165) is 64.2 Å². The second-order valence-corrected chi connectivity index (χ2v) is 9.22. The molecule has 1 amide bonds. The summed E-state index contributed by atoms with van der Waals surface area (Å²) >= 11 is 0. The Bertz CT molecular complexity index is 943. The number of carbonyl (C=O) groups is 1. The minimum absolute atomic E-state index is 0.118. The van der Waals surface area contributed by atoms with Crippen LogP contribution in [0.25, 0.3) is 0 Å². The largest absolute Gasteiger partial charge is 0.440 e. The lowest BCUT2D eigenvalue weighted by Crippen LogP contribution is -2.60. The van der Waals surface area contributed by atoms with E-state index in [0.29, 0.717) is 5.56 Å². The molecule has 1 spiro atoms. The highest BCUT2D eigenvalue weighted by Gasteiger charge is 2.56. The van der Waals surface area contributed by atoms with Crippen LogP contribution in [-0.2, 0) is 17.8 Å². The highest BCUT2D eigenvalue weighted by atomic mass is 19.1. The molecule has 1 atom stereocenters. The van der Waals surface area contributed by atoms with Crippen molar-refractivity contribution >= 4 is 6.09 Å². The summed E-state index contributed by atoms with van der Waals surface area (Å²) in [6.45, 7) is 7.76. The molecule has 0 N–H and O–H groups in total. The topological polar surface area (TPSA) is 36.0 Å². The zero-order valence-corrected chi connectivity index (χ0v) is 18.1. The Hall–Kier alpha value is -2.44. The fraction of sp³-hybridized carbons (Fsp3) is 0.480. The third-order valence-electron chi connectivity index (χ3n) is 7.18. The van der Waals surface area contributed by atoms with E-state index in [4.69, 9.17) is 4.74 Å². The van der Waals surface area contributed by atoms with Crippen LogP contribution in [0.1, 0.15) is 29.5 Å². The molecule has 164 valence electrons. The summed E-state index contributed by atoms with van der Waals surface area (Å²) in [7, 11) is 0. The lowest BCUT2D eigenvalue weighted by atomic mass is 9.83. The van der Waals surface area contributed by atoms with Gasteiger partial charge in [-0.25, -0.2) is 9.18 Å². The van der Waals surface area contributed by atoms with Gasteiger partial charge in [-0.3, -0.25) is 14.7 Å². The molecular weight excluding hydrogens is 393 g/mol. The summed E-state index contributed by atoms with van der Waals surface area (Å²) < 4.78 is 19.6. The van der Waals surface area contributed by atoms with Crippen molar-refractivity contribution in [2.75, 3.05) is 32.7 Å². The summed E-state index contributed by atoms with van der Waals surface area (Å²) in [6, 6.07) is 16.0. The van der Waals surface area contributed by atoms with Gasteiger partial charge in [-0.15, -0.1) is 0 Å². The number of carbonyl (C=O) groups excluding carboxylic acids is 1. The molecular formula is C25H30FN3O2. The van der Waals surface area contributed by atoms with Gasteiger partial charge in [0, 0.05) is 58.7 Å². The zero-order valence-electron chi connectivity index (χ0n) is 18.1. The number of rotatable bonds is 4. The number of aryl methyl sites for hydroxylation is 1. The van der Waals surface area contributed by atoms with E-state index < -0.39 is 0 Å². The van der Waals surface area contributed by atoms with Gasteiger partial charge in [0.2, 0.25) is 0 Å². The summed E-state index contributed by atoms with van der Waals surface area (Å²) in [5.41, 5.74) is 2.74. The second-order valence-electron chi connectivity index (χ2n) is 9.22. The number of hydrogen-bond acceptors (Lipinski definition) is 4. The highest BCUT2D eigenvalue weighted by Crippen LogP contribution is 2.40. The Balaban J connectivity index is 1.24. The maximum atomic E-state index is 13.6. The number of likely N-dealkylation sites (tertiary alicyclic amines) is 1. The number of piperidine rings is 1. The highest BCUT2D eigenvalue weighted by molar-refractivity contribution is 5.72. The number of nitrogens with zero attached hydrogens (tertiary/aromatic N) is 3. The van der Waals surface area contributed by atoms with Gasteiger partial charge in [-0.05, 0) is 29.7 Å². The van der Waals surface area contributed by atoms with Crippen molar-refractivity contribution < 1.29 is 13.9 Å². The third kappa shape index (κ3) is 4.06. The maximum Gasteiger partial charge on any atom is 0.410 e. The normalized spacial score (nSPS) is 23.7. The molecule has 0 bridgehead atoms. The van der Waals surface area contributed by atoms with Gasteiger partial charge >= 0.3 is 6.09 Å². The Kier molecular flexibility index (Phi) is 5.44. The van der Waals surface area contributed by atoms with Gasteiger partial charge in [0.15, 0.2) is 0 Å². The summed E-state index contributed by atoms with van der Waals surface area (Å²) in [5.74, 6) is -0.156. The van der Waals surface area contributed by atoms with Gasteiger partial charge in [-0.1, -0.05) is 42.5 Å². The number of halogens is 1. The lowest BCUT2D eigenvalue weighted by Gasteiger charge is -2.45. The van der Waals surface area contributed by atoms with Crippen molar-refractivity contribution in [1.29, 1.82) is 0 Å². The van der Waals surface area contributed by atoms with Crippen LogP contribution >= 0.6 is 0 Å². The van der Waals surface area contributed by atoms with Crippen molar-refractivity contribution in [2.45, 2.75) is 44.5 Å². The number of ether oxygens (including phenoxy) is 1. The van der Waals surface area contributed by atoms with Gasteiger partial charge in [-0.2, -0.15) is 0 Å². The number of benzene rings is 2. The SMILES string of the molecule is Cc1cc(CN2CCC3(CC2)OC(=O)N2CCN(Cc4ccccc4)CC23)ccc1F. The molecule has 3 saturated heterocycles. The maximum absolute atomic E-state index is 13.6. The Labute approximate surface area is 183 Å². The predicted octanol–water partition coefficient (Wildman–Crippen LogP) is 3.81. The average Bonchev–Trinajstić information content (AvgIpc) is 3.04. The minimum Gasteiger partial charge on any atom is -0.440 e. The second kappa shape index (κ2) is 8.24. The molecule has 2 aromatic carbocycles. The van der Waals surface area contributed by atoms with Crippen LogP contribution < -0.4 is 0 Å². The summed E-state index contributed by atoms with van der Waals surface area (Å²) in [4.78, 5) is 19.4. The van der Waals surface area contributed by atoms with Crippen LogP contribution in [0.5, 0.6) is 0 Å². The predicted molar refractivity (Wildman–Crippen MR) is 117 cm³/mol. The Morgan fingerprint density at radius 2 is 1.71 bits per heavy atom. The van der Waals surface area contributed by atoms with Crippen molar-refractivity contribution in [3.05, 3.63) is 71.0 Å². The van der Waals surface area contributed by atoms with Gasteiger partial charge < -0.3 is 4.74 Å². The van der Waals surface area contributed by atoms with E-state index in [1.54, 1.807) is 13.0 Å². The fourth-order valence-electron chi connectivity index (χ4n) is 5.38. The molecule has 0 aliphatic carbocycles. The van der Waals surface area contributed by atoms with Gasteiger partial charge in [0.05, 0.1) is 6.04 Å². The molecule has 3 heterocycles. The molecule has 3 aliphatic rings. The van der Waals surface area contributed by atoms with Crippen molar-refractivity contribution in [3.8, 4) is 0 Å². The first-order valence-corrected chi connectivity index (χ1v) is 11.3. The monoisotopic (exact) mass is 423 g/mol. The molecule has 3 aliphatic heterocycles. The third-order valence-corrected chi connectivity index (χ3v) is 7.18. The van der Waals surface area contributed by atoms with E-state index in [9.17, 15) is 9.18 Å². The smallest absolute Gasteiger partial charge is 0.410 e. The molecule has 0 saturated carbocycles. The van der Waals surface area contributed by atoms with E-state index in [-0.39, 0.29) is 23.6 Å². The van der Waals surface area contributed by atoms with E-state index in [1.807, 2.05) is 23.1 Å². The Morgan fingerprint density at radius 3 is 2.45 bits per heavy atom. The van der Waals surface area contributed by atoms with Crippen LogP contribution in [0, 0.1) is 12.7 Å². The van der Waals surface area contributed by atoms with E-state index in [2.05, 4.69) is 34.1 Å². The van der Waals surface area contributed by atoms with Crippen molar-refractivity contribution in [1.82, 2.24) is 14.7 Å². The van der Waals surface area contributed by atoms with Gasteiger partial charge in [0.25, 0.3) is 0 Å². The quantitative estimate of drug-likeness (QED) is 0.749. The standard InChI is InChI=1S/C25H30FN3O2/c1-19-15-21(7-8-22(19)26)17-27-11-9-25(10-12-27)23-18-28(13-14-29(23)24(30)31-25)16-20-5-3-2-4-6-20/h2-8,15,23H,9-14,16-18H2,1H3. The molecule has 0 radical (unpaired) electrons. The lowest BCUT2D eigenvalue weighted by molar-refractivity contribution is -0.0368. The number of piperazine rings is 1. The van der Waals surface area contributed by atoms with Crippen molar-refractivity contribution in [3.63, 3.8) is 0 Å². The van der Waals surface area contributed by atoms with E-state index in [1.165, 1.54) is 5.56 Å². The van der Waals surface area contributed by atoms with Crippen LogP contribution in [0.3, 0.4) is 0 Å². The summed E-state index contributed by atoms with van der Waals surface area (Å²) in [5, 5.41) is 0. The molecule has 5 rings (SSSR count). The van der Waals surface area contributed by atoms with Crippen LogP contribution in [0.15, 0.2) is 48.5 Å². The Morgan fingerprint density at radius 1 is 0.968 bits per heavy atom. The van der Waals surface area contributed by atoms with Crippen molar-refractivity contribution in [2.24, 2.45) is 0 Å². The minimum atomic E-state index is -0.387. The first-order chi connectivity index (χ1) is 15.0. The average molecular weight is 424 g/mol. The van der Waals surface area contributed by atoms with Crippen LogP contribution in [0.4, 0.5) is 9.18 Å². The molecule has 3 fully saturated rings. The van der Waals surface area contributed by atoms with E-state index >= 15 is 0 Å². The molecule has 0 aromatic heterocycles. The molecule has 1 unspecified atom stereocenters. The number of fused-ring (bicyclic) bond motifs is 2. The molecule has 31 heavy (non-hydrogen) atoms. The molecule has 5 nitrogen and oxygen atoms in total. The summed E-state index contributed by atoms with van der Waals surface area (Å²) in [6.07, 6.45) is 1.55. The first kappa shape index (κ1) is 20.5. The van der Waals surface area contributed by atoms with Crippen LogP contribution in [-0.4, -0.2) is 65.2 Å². The number of hydrogen-bond donors (Lipinski definition) is 0. The molecule has 2 aromatic rings. The fourth-order valence-corrected chi connectivity index (χ4v) is 5.38. The molecule has 6 heteroatoms. The van der Waals surface area contributed by atoms with Crippen LogP contribution in [0.2, 0.25) is 0 Å². The zero-order chi connectivity index (χ0) is 21.4. The van der Waals surface area contributed by atoms with Gasteiger partial charge in [0.1, 0.15) is 11.4 Å². The number of amides is 1.